The van der Waals surface area contributed by atoms with Crippen molar-refractivity contribution in [2.75, 3.05) is 24.3 Å². The largest absolute Gasteiger partial charge is 0.461 e. The van der Waals surface area contributed by atoms with Gasteiger partial charge in [0.2, 0.25) is 11.8 Å². The Hall–Kier alpha value is -3.39. The third kappa shape index (κ3) is 4.28. The lowest BCUT2D eigenvalue weighted by Crippen LogP contribution is -2.13. The second kappa shape index (κ2) is 8.54. The minimum absolute atomic E-state index is 0.380. The van der Waals surface area contributed by atoms with Crippen molar-refractivity contribution in [1.29, 1.82) is 0 Å². The molecule has 0 amide bonds. The van der Waals surface area contributed by atoms with Gasteiger partial charge in [0.25, 0.3) is 0 Å². The Labute approximate surface area is 178 Å². The number of nitrogens with one attached hydrogen (secondary N) is 1. The van der Waals surface area contributed by atoms with Crippen LogP contribution < -0.4 is 10.2 Å². The van der Waals surface area contributed by atoms with Crippen molar-refractivity contribution >= 4 is 22.6 Å². The number of benzene rings is 2. The van der Waals surface area contributed by atoms with Crippen molar-refractivity contribution in [1.82, 2.24) is 14.2 Å². The van der Waals surface area contributed by atoms with E-state index in [1.807, 2.05) is 62.3 Å². The number of anilines is 2. The molecular weight excluding hydrogens is 398 g/mol. The first kappa shape index (κ1) is 19.9. The van der Waals surface area contributed by atoms with Gasteiger partial charge < -0.3 is 14.6 Å². The summed E-state index contributed by atoms with van der Waals surface area (Å²) in [5.41, 5.74) is 3.31. The van der Waals surface area contributed by atoms with Crippen LogP contribution in [0.4, 0.5) is 11.6 Å². The van der Waals surface area contributed by atoms with Crippen LogP contribution in [0.3, 0.4) is 0 Å². The molecule has 2 aromatic carbocycles. The number of aromatic nitrogens is 3. The average molecular weight is 422 g/mol. The number of aryl methyl sites for hydroxylation is 1. The van der Waals surface area contributed by atoms with Crippen molar-refractivity contribution in [3.8, 4) is 11.6 Å². The first-order chi connectivity index (χ1) is 14.5. The molecular formula is C22H23N5O2S. The third-order valence-electron chi connectivity index (χ3n) is 4.60. The lowest BCUT2D eigenvalue weighted by Gasteiger charge is -2.13. The van der Waals surface area contributed by atoms with Crippen molar-refractivity contribution in [3.63, 3.8) is 0 Å². The molecule has 4 aromatic rings. The predicted molar refractivity (Wildman–Crippen MR) is 119 cm³/mol. The Morgan fingerprint density at radius 1 is 1.07 bits per heavy atom. The number of hydrogen-bond donors (Lipinski definition) is 1. The molecule has 2 heterocycles. The molecule has 1 unspecified atom stereocenters. The van der Waals surface area contributed by atoms with Gasteiger partial charge in [0.05, 0.1) is 11.2 Å². The van der Waals surface area contributed by atoms with Crippen LogP contribution in [0.2, 0.25) is 0 Å². The molecule has 0 spiro atoms. The fourth-order valence-electron chi connectivity index (χ4n) is 2.88. The molecule has 8 heteroatoms. The van der Waals surface area contributed by atoms with E-state index in [1.54, 1.807) is 18.4 Å². The quantitative estimate of drug-likeness (QED) is 0.484. The zero-order valence-corrected chi connectivity index (χ0v) is 17.9. The van der Waals surface area contributed by atoms with E-state index in [2.05, 4.69) is 27.5 Å². The fraction of sp³-hybridized carbons (Fsp3) is 0.182. The number of rotatable bonds is 7. The highest BCUT2D eigenvalue weighted by molar-refractivity contribution is 7.83. The highest BCUT2D eigenvalue weighted by Crippen LogP contribution is 2.22. The van der Waals surface area contributed by atoms with Gasteiger partial charge >= 0.3 is 0 Å². The van der Waals surface area contributed by atoms with E-state index in [0.29, 0.717) is 29.0 Å². The molecule has 0 aliphatic rings. The van der Waals surface area contributed by atoms with Crippen LogP contribution in [0.5, 0.6) is 0 Å². The summed E-state index contributed by atoms with van der Waals surface area (Å²) in [6.07, 6.45) is 1.56. The zero-order valence-electron chi connectivity index (χ0n) is 17.1. The van der Waals surface area contributed by atoms with Gasteiger partial charge in [-0.25, -0.2) is 4.21 Å². The van der Waals surface area contributed by atoms with E-state index in [1.165, 1.54) is 4.09 Å². The van der Waals surface area contributed by atoms with Gasteiger partial charge in [-0.05, 0) is 48.9 Å². The molecule has 0 fully saturated rings. The topological polar surface area (TPSA) is 76.2 Å². The van der Waals surface area contributed by atoms with Gasteiger partial charge in [-0.2, -0.15) is 4.98 Å². The average Bonchev–Trinajstić information content (AvgIpc) is 3.42. The summed E-state index contributed by atoms with van der Waals surface area (Å²) in [4.78, 5) is 7.22. The lowest BCUT2D eigenvalue weighted by molar-refractivity contribution is 0.577. The molecule has 1 atom stereocenters. The van der Waals surface area contributed by atoms with Crippen molar-refractivity contribution in [2.24, 2.45) is 0 Å². The SMILES string of the molecule is Cc1ccc(S(=O)n2nc(-c3ccco3)nc2NCc2ccc(N(C)C)cc2)cc1. The summed E-state index contributed by atoms with van der Waals surface area (Å²) in [6.45, 7) is 2.51. The van der Waals surface area contributed by atoms with E-state index in [-0.39, 0.29) is 0 Å². The van der Waals surface area contributed by atoms with Crippen molar-refractivity contribution < 1.29 is 8.63 Å². The van der Waals surface area contributed by atoms with Crippen LogP contribution in [-0.2, 0) is 17.5 Å². The van der Waals surface area contributed by atoms with Crippen LogP contribution in [-0.4, -0.2) is 32.5 Å². The van der Waals surface area contributed by atoms with Gasteiger partial charge in [-0.3, -0.25) is 0 Å². The second-order valence-corrected chi connectivity index (χ2v) is 8.40. The Morgan fingerprint density at radius 2 is 1.80 bits per heavy atom. The van der Waals surface area contributed by atoms with Crippen LogP contribution >= 0.6 is 0 Å². The Balaban J connectivity index is 1.62. The fourth-order valence-corrected chi connectivity index (χ4v) is 3.86. The zero-order chi connectivity index (χ0) is 21.1. The number of nitrogens with zero attached hydrogens (tertiary/aromatic N) is 4. The lowest BCUT2D eigenvalue weighted by atomic mass is 10.2. The molecule has 0 aliphatic heterocycles. The van der Waals surface area contributed by atoms with E-state index < -0.39 is 11.0 Å². The maximum Gasteiger partial charge on any atom is 0.235 e. The summed E-state index contributed by atoms with van der Waals surface area (Å²) >= 11 is 0. The third-order valence-corrected chi connectivity index (χ3v) is 5.85. The van der Waals surface area contributed by atoms with Crippen LogP contribution in [0.1, 0.15) is 11.1 Å². The summed E-state index contributed by atoms with van der Waals surface area (Å²) in [6, 6.07) is 19.3. The predicted octanol–water partition coefficient (Wildman–Crippen LogP) is 4.10. The van der Waals surface area contributed by atoms with E-state index in [4.69, 9.17) is 4.42 Å². The molecule has 0 bridgehead atoms. The number of hydrogen-bond acceptors (Lipinski definition) is 6. The maximum atomic E-state index is 13.2. The molecule has 154 valence electrons. The van der Waals surface area contributed by atoms with Crippen LogP contribution in [0, 0.1) is 6.92 Å². The molecule has 0 saturated carbocycles. The highest BCUT2D eigenvalue weighted by Gasteiger charge is 2.19. The Morgan fingerprint density at radius 3 is 2.43 bits per heavy atom. The first-order valence-electron chi connectivity index (χ1n) is 9.51. The monoisotopic (exact) mass is 421 g/mol. The smallest absolute Gasteiger partial charge is 0.235 e. The molecule has 4 rings (SSSR count). The normalized spacial score (nSPS) is 12.0. The Bertz CT molecular complexity index is 1130. The molecule has 1 N–H and O–H groups in total. The van der Waals surface area contributed by atoms with E-state index >= 15 is 0 Å². The maximum absolute atomic E-state index is 13.2. The second-order valence-electron chi connectivity index (χ2n) is 7.09. The van der Waals surface area contributed by atoms with Crippen molar-refractivity contribution in [2.45, 2.75) is 18.4 Å². The first-order valence-corrected chi connectivity index (χ1v) is 10.6. The van der Waals surface area contributed by atoms with Gasteiger partial charge in [0.15, 0.2) is 16.7 Å². The van der Waals surface area contributed by atoms with E-state index in [9.17, 15) is 4.21 Å². The van der Waals surface area contributed by atoms with Crippen LogP contribution in [0.25, 0.3) is 11.6 Å². The standard InChI is InChI=1S/C22H23N5O2S/c1-16-6-12-19(13-7-16)30(28)27-22(24-21(25-27)20-5-4-14-29-20)23-15-17-8-10-18(11-9-17)26(2)3/h4-14H,15H2,1-3H3,(H,23,24,25). The summed E-state index contributed by atoms with van der Waals surface area (Å²) in [5.74, 6) is 1.32. The van der Waals surface area contributed by atoms with Gasteiger partial charge in [-0.1, -0.05) is 29.8 Å². The summed E-state index contributed by atoms with van der Waals surface area (Å²) < 4.78 is 20.0. The number of furan rings is 1. The molecule has 0 saturated heterocycles. The van der Waals surface area contributed by atoms with Crippen LogP contribution in [0.15, 0.2) is 76.2 Å². The molecule has 0 aliphatic carbocycles. The minimum atomic E-state index is -1.54. The summed E-state index contributed by atoms with van der Waals surface area (Å²) in [5, 5.41) is 7.71. The Kier molecular flexibility index (Phi) is 5.67. The molecule has 0 radical (unpaired) electrons. The molecule has 2 aromatic heterocycles. The van der Waals surface area contributed by atoms with Crippen molar-refractivity contribution in [3.05, 3.63) is 78.1 Å². The highest BCUT2D eigenvalue weighted by atomic mass is 32.2. The molecule has 7 nitrogen and oxygen atoms in total. The minimum Gasteiger partial charge on any atom is -0.461 e. The van der Waals surface area contributed by atoms with Gasteiger partial charge in [0, 0.05) is 26.3 Å². The summed E-state index contributed by atoms with van der Waals surface area (Å²) in [7, 11) is 2.47. The molecule has 30 heavy (non-hydrogen) atoms. The van der Waals surface area contributed by atoms with Gasteiger partial charge in [0.1, 0.15) is 0 Å². The van der Waals surface area contributed by atoms with Gasteiger partial charge in [-0.15, -0.1) is 9.19 Å². The van der Waals surface area contributed by atoms with E-state index in [0.717, 1.165) is 16.8 Å².